The van der Waals surface area contributed by atoms with Gasteiger partial charge in [0.15, 0.2) is 0 Å². The Labute approximate surface area is 125 Å². The van der Waals surface area contributed by atoms with Crippen LogP contribution in [0.15, 0.2) is 28.7 Å². The Balaban J connectivity index is 2.20. The summed E-state index contributed by atoms with van der Waals surface area (Å²) in [6, 6.07) is 8.38. The third-order valence-electron chi connectivity index (χ3n) is 4.10. The summed E-state index contributed by atoms with van der Waals surface area (Å²) in [6.45, 7) is 7.75. The van der Waals surface area contributed by atoms with Crippen LogP contribution >= 0.6 is 15.9 Å². The van der Waals surface area contributed by atoms with Crippen molar-refractivity contribution in [2.24, 2.45) is 17.1 Å². The maximum atomic E-state index is 6.13. The highest BCUT2D eigenvalue weighted by atomic mass is 79.9. The molecule has 2 unspecified atom stereocenters. The van der Waals surface area contributed by atoms with Gasteiger partial charge in [0, 0.05) is 16.7 Å². The number of hydrogen-bond donors (Lipinski definition) is 2. The molecule has 0 saturated heterocycles. The van der Waals surface area contributed by atoms with Gasteiger partial charge >= 0.3 is 0 Å². The molecule has 2 rings (SSSR count). The zero-order valence-electron chi connectivity index (χ0n) is 12.2. The summed E-state index contributed by atoms with van der Waals surface area (Å²) in [5.74, 6) is 0.718. The summed E-state index contributed by atoms with van der Waals surface area (Å²) in [7, 11) is 0. The van der Waals surface area contributed by atoms with Crippen LogP contribution in [-0.2, 0) is 0 Å². The topological polar surface area (TPSA) is 38.0 Å². The normalized spacial score (nSPS) is 30.1. The van der Waals surface area contributed by atoms with Gasteiger partial charge in [0.1, 0.15) is 0 Å². The summed E-state index contributed by atoms with van der Waals surface area (Å²) in [5.41, 5.74) is 7.69. The van der Waals surface area contributed by atoms with Crippen molar-refractivity contribution in [3.8, 4) is 0 Å². The molecule has 1 fully saturated rings. The SMILES string of the molecule is CC1CC(C)(C)CC(CN)(Nc2ccc(Br)cc2)C1. The molecule has 1 aromatic carbocycles. The van der Waals surface area contributed by atoms with Crippen LogP contribution < -0.4 is 11.1 Å². The summed E-state index contributed by atoms with van der Waals surface area (Å²) >= 11 is 3.48. The van der Waals surface area contributed by atoms with Crippen LogP contribution in [0, 0.1) is 11.3 Å². The molecule has 0 bridgehead atoms. The first-order chi connectivity index (χ1) is 8.84. The molecule has 0 aliphatic heterocycles. The molecule has 2 nitrogen and oxygen atoms in total. The molecule has 3 heteroatoms. The van der Waals surface area contributed by atoms with E-state index in [0.29, 0.717) is 12.0 Å². The molecule has 0 amide bonds. The van der Waals surface area contributed by atoms with Crippen LogP contribution in [0.25, 0.3) is 0 Å². The monoisotopic (exact) mass is 324 g/mol. The number of nitrogens with two attached hydrogens (primary N) is 1. The fraction of sp³-hybridized carbons (Fsp3) is 0.625. The second-order valence-electron chi connectivity index (χ2n) is 6.97. The Hall–Kier alpha value is -0.540. The molecular weight excluding hydrogens is 300 g/mol. The highest BCUT2D eigenvalue weighted by molar-refractivity contribution is 9.10. The van der Waals surface area contributed by atoms with E-state index >= 15 is 0 Å². The minimum absolute atomic E-state index is 0.0367. The number of benzene rings is 1. The lowest BCUT2D eigenvalue weighted by Crippen LogP contribution is -2.52. The van der Waals surface area contributed by atoms with E-state index in [2.05, 4.69) is 66.3 Å². The van der Waals surface area contributed by atoms with E-state index in [1.165, 1.54) is 12.1 Å². The van der Waals surface area contributed by atoms with Crippen LogP contribution in [0.3, 0.4) is 0 Å². The number of hydrogen-bond acceptors (Lipinski definition) is 2. The maximum Gasteiger partial charge on any atom is 0.0503 e. The molecule has 3 N–H and O–H groups in total. The molecule has 1 aromatic rings. The van der Waals surface area contributed by atoms with Gasteiger partial charge in [-0.25, -0.2) is 0 Å². The van der Waals surface area contributed by atoms with Crippen molar-refractivity contribution < 1.29 is 0 Å². The Morgan fingerprint density at radius 3 is 2.42 bits per heavy atom. The zero-order chi connectivity index (χ0) is 14.1. The molecule has 2 atom stereocenters. The minimum Gasteiger partial charge on any atom is -0.378 e. The summed E-state index contributed by atoms with van der Waals surface area (Å²) in [5, 5.41) is 3.71. The lowest BCUT2D eigenvalue weighted by Gasteiger charge is -2.48. The van der Waals surface area contributed by atoms with Gasteiger partial charge in [-0.05, 0) is 54.9 Å². The van der Waals surface area contributed by atoms with E-state index in [9.17, 15) is 0 Å². The fourth-order valence-corrected chi connectivity index (χ4v) is 4.15. The van der Waals surface area contributed by atoms with E-state index < -0.39 is 0 Å². The van der Waals surface area contributed by atoms with Crippen LogP contribution in [-0.4, -0.2) is 12.1 Å². The quantitative estimate of drug-likeness (QED) is 0.864. The van der Waals surface area contributed by atoms with E-state index in [4.69, 9.17) is 5.73 Å². The lowest BCUT2D eigenvalue weighted by molar-refractivity contribution is 0.125. The first-order valence-electron chi connectivity index (χ1n) is 7.08. The largest absolute Gasteiger partial charge is 0.378 e. The van der Waals surface area contributed by atoms with Gasteiger partial charge in [0.25, 0.3) is 0 Å². The predicted molar refractivity (Wildman–Crippen MR) is 86.3 cm³/mol. The second-order valence-corrected chi connectivity index (χ2v) is 7.89. The van der Waals surface area contributed by atoms with Crippen LogP contribution in [0.2, 0.25) is 0 Å². The predicted octanol–water partition coefficient (Wildman–Crippen LogP) is 4.40. The third-order valence-corrected chi connectivity index (χ3v) is 4.63. The van der Waals surface area contributed by atoms with Gasteiger partial charge in [-0.15, -0.1) is 0 Å². The average molecular weight is 325 g/mol. The Kier molecular flexibility index (Phi) is 4.26. The minimum atomic E-state index is 0.0367. The molecular formula is C16H25BrN2. The van der Waals surface area contributed by atoms with Crippen molar-refractivity contribution in [2.45, 2.75) is 45.6 Å². The summed E-state index contributed by atoms with van der Waals surface area (Å²) < 4.78 is 1.11. The molecule has 0 heterocycles. The Bertz CT molecular complexity index is 427. The van der Waals surface area contributed by atoms with E-state index in [-0.39, 0.29) is 5.54 Å². The van der Waals surface area contributed by atoms with Gasteiger partial charge < -0.3 is 11.1 Å². The number of anilines is 1. The van der Waals surface area contributed by atoms with Crippen molar-refractivity contribution >= 4 is 21.6 Å². The van der Waals surface area contributed by atoms with Gasteiger partial charge in [0.2, 0.25) is 0 Å². The highest BCUT2D eigenvalue weighted by Crippen LogP contribution is 2.44. The molecule has 1 aliphatic carbocycles. The molecule has 0 spiro atoms. The van der Waals surface area contributed by atoms with Gasteiger partial charge in [-0.2, -0.15) is 0 Å². The van der Waals surface area contributed by atoms with E-state index in [1.54, 1.807) is 0 Å². The van der Waals surface area contributed by atoms with E-state index in [1.807, 2.05) is 0 Å². The molecule has 0 radical (unpaired) electrons. The second kappa shape index (κ2) is 5.45. The molecule has 1 saturated carbocycles. The van der Waals surface area contributed by atoms with Crippen LogP contribution in [0.1, 0.15) is 40.0 Å². The first-order valence-corrected chi connectivity index (χ1v) is 7.87. The van der Waals surface area contributed by atoms with Crippen LogP contribution in [0.5, 0.6) is 0 Å². The summed E-state index contributed by atoms with van der Waals surface area (Å²) in [6.07, 6.45) is 3.58. The first kappa shape index (κ1) is 14.9. The number of rotatable bonds is 3. The van der Waals surface area contributed by atoms with Crippen molar-refractivity contribution in [3.05, 3.63) is 28.7 Å². The van der Waals surface area contributed by atoms with Gasteiger partial charge in [-0.3, -0.25) is 0 Å². The third kappa shape index (κ3) is 3.73. The standard InChI is InChI=1S/C16H25BrN2/c1-12-8-15(2,3)10-16(9-12,11-18)19-14-6-4-13(17)5-7-14/h4-7,12,19H,8-11,18H2,1-3H3. The van der Waals surface area contributed by atoms with Crippen molar-refractivity contribution in [3.63, 3.8) is 0 Å². The molecule has 1 aliphatic rings. The Morgan fingerprint density at radius 1 is 1.26 bits per heavy atom. The van der Waals surface area contributed by atoms with Crippen molar-refractivity contribution in [2.75, 3.05) is 11.9 Å². The van der Waals surface area contributed by atoms with Crippen molar-refractivity contribution in [1.29, 1.82) is 0 Å². The number of halogens is 1. The Morgan fingerprint density at radius 2 is 1.89 bits per heavy atom. The molecule has 0 aromatic heterocycles. The highest BCUT2D eigenvalue weighted by Gasteiger charge is 2.41. The average Bonchev–Trinajstić information content (AvgIpc) is 2.29. The zero-order valence-corrected chi connectivity index (χ0v) is 13.8. The summed E-state index contributed by atoms with van der Waals surface area (Å²) in [4.78, 5) is 0. The molecule has 106 valence electrons. The maximum absolute atomic E-state index is 6.13. The lowest BCUT2D eigenvalue weighted by atomic mass is 9.64. The smallest absolute Gasteiger partial charge is 0.0503 e. The van der Waals surface area contributed by atoms with Gasteiger partial charge in [0.05, 0.1) is 5.54 Å². The van der Waals surface area contributed by atoms with E-state index in [0.717, 1.165) is 23.2 Å². The molecule has 19 heavy (non-hydrogen) atoms. The van der Waals surface area contributed by atoms with Crippen molar-refractivity contribution in [1.82, 2.24) is 0 Å². The number of nitrogens with one attached hydrogen (secondary N) is 1. The fourth-order valence-electron chi connectivity index (χ4n) is 3.88. The van der Waals surface area contributed by atoms with Gasteiger partial charge in [-0.1, -0.05) is 36.7 Å². The van der Waals surface area contributed by atoms with Crippen LogP contribution in [0.4, 0.5) is 5.69 Å².